The molecule has 16 heavy (non-hydrogen) atoms. The molecule has 0 aliphatic heterocycles. The van der Waals surface area contributed by atoms with E-state index in [-0.39, 0.29) is 6.04 Å². The lowest BCUT2D eigenvalue weighted by Crippen LogP contribution is -2.25. The van der Waals surface area contributed by atoms with Gasteiger partial charge in [-0.05, 0) is 38.5 Å². The van der Waals surface area contributed by atoms with E-state index in [9.17, 15) is 0 Å². The van der Waals surface area contributed by atoms with Crippen LogP contribution in [0.3, 0.4) is 0 Å². The van der Waals surface area contributed by atoms with Gasteiger partial charge in [-0.25, -0.2) is 4.98 Å². The van der Waals surface area contributed by atoms with Crippen molar-refractivity contribution in [3.63, 3.8) is 0 Å². The minimum absolute atomic E-state index is 0.0466. The molecule has 0 bridgehead atoms. The summed E-state index contributed by atoms with van der Waals surface area (Å²) in [6.45, 7) is 11.8. The number of likely N-dealkylation sites (N-methyl/N-ethyl adjacent to an activating group) is 1. The summed E-state index contributed by atoms with van der Waals surface area (Å²) in [6.07, 6.45) is 1.81. The molecule has 2 N–H and O–H groups in total. The molecule has 0 aromatic carbocycles. The van der Waals surface area contributed by atoms with Gasteiger partial charge in [0.1, 0.15) is 5.82 Å². The number of pyridine rings is 1. The number of nitrogens with zero attached hydrogens (tertiary/aromatic N) is 2. The van der Waals surface area contributed by atoms with Crippen LogP contribution in [0.5, 0.6) is 0 Å². The van der Waals surface area contributed by atoms with E-state index in [1.165, 1.54) is 0 Å². The third-order valence-electron chi connectivity index (χ3n) is 2.46. The number of hydrogen-bond acceptors (Lipinski definition) is 3. The third-order valence-corrected chi connectivity index (χ3v) is 2.46. The highest BCUT2D eigenvalue weighted by molar-refractivity contribution is 5.42. The first kappa shape index (κ1) is 12.7. The zero-order chi connectivity index (χ0) is 12.1. The highest BCUT2D eigenvalue weighted by Gasteiger charge is 2.07. The molecule has 0 saturated carbocycles. The van der Waals surface area contributed by atoms with Crippen molar-refractivity contribution >= 4 is 5.82 Å². The average molecular weight is 219 g/mol. The quantitative estimate of drug-likeness (QED) is 0.774. The van der Waals surface area contributed by atoms with Gasteiger partial charge in [-0.3, -0.25) is 0 Å². The second-order valence-electron chi connectivity index (χ2n) is 4.21. The van der Waals surface area contributed by atoms with Crippen molar-refractivity contribution in [2.75, 3.05) is 18.0 Å². The van der Waals surface area contributed by atoms with Crippen molar-refractivity contribution in [1.82, 2.24) is 4.98 Å². The van der Waals surface area contributed by atoms with Crippen molar-refractivity contribution in [1.29, 1.82) is 0 Å². The Morgan fingerprint density at radius 3 is 2.81 bits per heavy atom. The van der Waals surface area contributed by atoms with Crippen LogP contribution in [0.2, 0.25) is 0 Å². The molecule has 88 valence electrons. The summed E-state index contributed by atoms with van der Waals surface area (Å²) in [5.74, 6) is 0.973. The number of nitrogens with two attached hydrogens (primary N) is 1. The average Bonchev–Trinajstić information content (AvgIpc) is 2.25. The van der Waals surface area contributed by atoms with E-state index in [0.29, 0.717) is 0 Å². The van der Waals surface area contributed by atoms with Crippen LogP contribution in [-0.2, 0) is 0 Å². The van der Waals surface area contributed by atoms with Crippen molar-refractivity contribution in [2.24, 2.45) is 5.73 Å². The Morgan fingerprint density at radius 2 is 2.31 bits per heavy atom. The van der Waals surface area contributed by atoms with Crippen LogP contribution < -0.4 is 10.6 Å². The van der Waals surface area contributed by atoms with Crippen LogP contribution in [0, 0.1) is 0 Å². The van der Waals surface area contributed by atoms with Crippen LogP contribution >= 0.6 is 0 Å². The highest BCUT2D eigenvalue weighted by atomic mass is 15.2. The van der Waals surface area contributed by atoms with E-state index in [1.54, 1.807) is 0 Å². The molecule has 1 atom stereocenters. The van der Waals surface area contributed by atoms with E-state index in [1.807, 2.05) is 26.1 Å². The van der Waals surface area contributed by atoms with Gasteiger partial charge in [0.2, 0.25) is 0 Å². The summed E-state index contributed by atoms with van der Waals surface area (Å²) < 4.78 is 0. The second kappa shape index (κ2) is 5.66. The van der Waals surface area contributed by atoms with Crippen LogP contribution in [0.25, 0.3) is 0 Å². The molecule has 1 aromatic heterocycles. The van der Waals surface area contributed by atoms with E-state index in [0.717, 1.165) is 30.0 Å². The van der Waals surface area contributed by atoms with Crippen molar-refractivity contribution in [3.8, 4) is 0 Å². The molecule has 0 unspecified atom stereocenters. The minimum Gasteiger partial charge on any atom is -0.353 e. The van der Waals surface area contributed by atoms with E-state index < -0.39 is 0 Å². The monoisotopic (exact) mass is 219 g/mol. The zero-order valence-electron chi connectivity index (χ0n) is 10.4. The van der Waals surface area contributed by atoms with Gasteiger partial charge in [-0.2, -0.15) is 0 Å². The lowest BCUT2D eigenvalue weighted by molar-refractivity contribution is 0.805. The normalized spacial score (nSPS) is 12.2. The van der Waals surface area contributed by atoms with Crippen LogP contribution in [-0.4, -0.2) is 18.1 Å². The van der Waals surface area contributed by atoms with Gasteiger partial charge in [-0.1, -0.05) is 12.2 Å². The predicted molar refractivity (Wildman–Crippen MR) is 69.5 cm³/mol. The van der Waals surface area contributed by atoms with Crippen LogP contribution in [0.1, 0.15) is 32.4 Å². The lowest BCUT2D eigenvalue weighted by Gasteiger charge is -2.22. The summed E-state index contributed by atoms with van der Waals surface area (Å²) in [7, 11) is 0. The number of aromatic nitrogens is 1. The highest BCUT2D eigenvalue weighted by Crippen LogP contribution is 2.17. The van der Waals surface area contributed by atoms with Gasteiger partial charge >= 0.3 is 0 Å². The molecule has 0 saturated heterocycles. The van der Waals surface area contributed by atoms with E-state index in [4.69, 9.17) is 5.73 Å². The Hall–Kier alpha value is -1.35. The van der Waals surface area contributed by atoms with E-state index >= 15 is 0 Å². The maximum Gasteiger partial charge on any atom is 0.129 e. The van der Waals surface area contributed by atoms with Crippen molar-refractivity contribution in [2.45, 2.75) is 26.8 Å². The SMILES string of the molecule is C=C(C)CN(CC)c1cc([C@H](C)N)ccn1. The molecule has 1 rings (SSSR count). The zero-order valence-corrected chi connectivity index (χ0v) is 10.4. The van der Waals surface area contributed by atoms with Crippen molar-refractivity contribution < 1.29 is 0 Å². The molecule has 0 spiro atoms. The van der Waals surface area contributed by atoms with Gasteiger partial charge in [0.15, 0.2) is 0 Å². The Morgan fingerprint density at radius 1 is 1.62 bits per heavy atom. The van der Waals surface area contributed by atoms with Gasteiger partial charge in [-0.15, -0.1) is 0 Å². The molecule has 3 nitrogen and oxygen atoms in total. The molecule has 1 aromatic rings. The van der Waals surface area contributed by atoms with Crippen LogP contribution in [0.4, 0.5) is 5.82 Å². The van der Waals surface area contributed by atoms with Gasteiger partial charge in [0.25, 0.3) is 0 Å². The van der Waals surface area contributed by atoms with E-state index in [2.05, 4.69) is 29.5 Å². The Bertz CT molecular complexity index is 358. The molecule has 0 fully saturated rings. The Labute approximate surface area is 98.0 Å². The molecule has 0 amide bonds. The maximum atomic E-state index is 5.86. The molecule has 0 aliphatic rings. The molecule has 0 aliphatic carbocycles. The fourth-order valence-electron chi connectivity index (χ4n) is 1.57. The first-order valence-electron chi connectivity index (χ1n) is 5.65. The number of anilines is 1. The summed E-state index contributed by atoms with van der Waals surface area (Å²) in [5.41, 5.74) is 8.11. The first-order valence-corrected chi connectivity index (χ1v) is 5.65. The van der Waals surface area contributed by atoms with Gasteiger partial charge in [0, 0.05) is 25.3 Å². The Kier molecular flexibility index (Phi) is 4.50. The number of rotatable bonds is 5. The standard InChI is InChI=1S/C13H21N3/c1-5-16(9-10(2)3)13-8-12(11(4)14)6-7-15-13/h6-8,11H,2,5,9,14H2,1,3-4H3/t11-/m0/s1. The fraction of sp³-hybridized carbons (Fsp3) is 0.462. The number of hydrogen-bond donors (Lipinski definition) is 1. The summed E-state index contributed by atoms with van der Waals surface area (Å²) in [6, 6.07) is 4.06. The second-order valence-corrected chi connectivity index (χ2v) is 4.21. The topological polar surface area (TPSA) is 42.1 Å². The molecule has 3 heteroatoms. The smallest absolute Gasteiger partial charge is 0.129 e. The maximum absolute atomic E-state index is 5.86. The Balaban J connectivity index is 2.92. The minimum atomic E-state index is 0.0466. The van der Waals surface area contributed by atoms with Crippen molar-refractivity contribution in [3.05, 3.63) is 36.0 Å². The molecule has 1 heterocycles. The summed E-state index contributed by atoms with van der Waals surface area (Å²) in [4.78, 5) is 6.56. The van der Waals surface area contributed by atoms with Gasteiger partial charge < -0.3 is 10.6 Å². The molecule has 0 radical (unpaired) electrons. The fourth-order valence-corrected chi connectivity index (χ4v) is 1.57. The van der Waals surface area contributed by atoms with Gasteiger partial charge in [0.05, 0.1) is 0 Å². The third kappa shape index (κ3) is 3.35. The summed E-state index contributed by atoms with van der Waals surface area (Å²) >= 11 is 0. The molecular formula is C13H21N3. The largest absolute Gasteiger partial charge is 0.353 e. The molecular weight excluding hydrogens is 198 g/mol. The first-order chi connectivity index (χ1) is 7.54. The predicted octanol–water partition coefficient (Wildman–Crippen LogP) is 2.50. The van der Waals surface area contributed by atoms with Crippen LogP contribution in [0.15, 0.2) is 30.5 Å². The summed E-state index contributed by atoms with van der Waals surface area (Å²) in [5, 5.41) is 0. The lowest BCUT2D eigenvalue weighted by atomic mass is 10.1.